The predicted octanol–water partition coefficient (Wildman–Crippen LogP) is 13.8. The van der Waals surface area contributed by atoms with Crippen LogP contribution in [0.3, 0.4) is 0 Å². The molecule has 0 aliphatic carbocycles. The van der Waals surface area contributed by atoms with Crippen molar-refractivity contribution < 1.29 is 5.11 Å². The van der Waals surface area contributed by atoms with Crippen molar-refractivity contribution in [3.63, 3.8) is 0 Å². The van der Waals surface area contributed by atoms with E-state index < -0.39 is 0 Å². The molecule has 3 heterocycles. The van der Waals surface area contributed by atoms with Gasteiger partial charge in [-0.25, -0.2) is 4.98 Å². The van der Waals surface area contributed by atoms with Crippen LogP contribution in [0, 0.1) is 0 Å². The van der Waals surface area contributed by atoms with E-state index in [0.717, 1.165) is 83.5 Å². The zero-order chi connectivity index (χ0) is 39.6. The Labute approximate surface area is 331 Å². The third kappa shape index (κ3) is 6.90. The van der Waals surface area contributed by atoms with Gasteiger partial charge in [-0.2, -0.15) is 0 Å². The number of rotatable bonds is 5. The molecule has 4 heteroatoms. The molecule has 5 aromatic carbocycles. The average Bonchev–Trinajstić information content (AvgIpc) is 3.50. The van der Waals surface area contributed by atoms with Crippen molar-refractivity contribution in [2.24, 2.45) is 0 Å². The highest BCUT2D eigenvalue weighted by Crippen LogP contribution is 2.43. The van der Waals surface area contributed by atoms with Crippen LogP contribution in [0.1, 0.15) is 79.0 Å². The van der Waals surface area contributed by atoms with Crippen LogP contribution in [-0.4, -0.2) is 19.6 Å². The molecule has 8 rings (SSSR count). The lowest BCUT2D eigenvalue weighted by atomic mass is 9.78. The number of aromatic nitrogens is 3. The van der Waals surface area contributed by atoms with E-state index in [1.807, 2.05) is 6.20 Å². The molecule has 0 spiro atoms. The van der Waals surface area contributed by atoms with E-state index >= 15 is 0 Å². The standard InChI is InChI=1S/C52H51N3O/c1-50(2,3)38-21-19-34(20-22-38)35-25-26-53-46(30-35)37-27-36(33-15-11-10-12-16-33)28-40(29-37)55-47-18-14-13-17-41(47)42-23-24-45(54-49(42)55)43-31-39(51(4,5)6)32-44(48(43)56)52(7,8)9/h10-32,56H,1-9H3. The number of para-hydroxylation sites is 1. The van der Waals surface area contributed by atoms with Gasteiger partial charge >= 0.3 is 0 Å². The number of phenols is 1. The Kier molecular flexibility index (Phi) is 9.00. The Hall–Kier alpha value is -6.00. The van der Waals surface area contributed by atoms with Gasteiger partial charge in [-0.05, 0) is 104 Å². The van der Waals surface area contributed by atoms with Crippen LogP contribution < -0.4 is 0 Å². The summed E-state index contributed by atoms with van der Waals surface area (Å²) in [5.41, 5.74) is 13.9. The summed E-state index contributed by atoms with van der Waals surface area (Å²) >= 11 is 0. The fourth-order valence-corrected chi connectivity index (χ4v) is 7.70. The summed E-state index contributed by atoms with van der Waals surface area (Å²) in [5, 5.41) is 14.1. The minimum absolute atomic E-state index is 0.0882. The van der Waals surface area contributed by atoms with Crippen LogP contribution in [0.25, 0.3) is 72.4 Å². The first-order valence-corrected chi connectivity index (χ1v) is 19.6. The quantitative estimate of drug-likeness (QED) is 0.192. The van der Waals surface area contributed by atoms with Crippen LogP contribution in [0.4, 0.5) is 0 Å². The molecule has 0 amide bonds. The second-order valence-corrected chi connectivity index (χ2v) is 18.2. The highest BCUT2D eigenvalue weighted by Gasteiger charge is 2.27. The first kappa shape index (κ1) is 36.9. The summed E-state index contributed by atoms with van der Waals surface area (Å²) < 4.78 is 2.27. The maximum absolute atomic E-state index is 11.9. The summed E-state index contributed by atoms with van der Waals surface area (Å²) in [7, 11) is 0. The molecule has 0 unspecified atom stereocenters. The van der Waals surface area contributed by atoms with Crippen LogP contribution in [0.2, 0.25) is 0 Å². The van der Waals surface area contributed by atoms with Gasteiger partial charge in [0.1, 0.15) is 11.4 Å². The zero-order valence-electron chi connectivity index (χ0n) is 34.1. The first-order chi connectivity index (χ1) is 26.6. The highest BCUT2D eigenvalue weighted by atomic mass is 16.3. The van der Waals surface area contributed by atoms with Crippen LogP contribution in [-0.2, 0) is 16.2 Å². The minimum atomic E-state index is -0.255. The van der Waals surface area contributed by atoms with E-state index in [0.29, 0.717) is 0 Å². The molecule has 4 nitrogen and oxygen atoms in total. The number of pyridine rings is 2. The number of benzene rings is 5. The van der Waals surface area contributed by atoms with Crippen molar-refractivity contribution in [2.75, 3.05) is 0 Å². The highest BCUT2D eigenvalue weighted by molar-refractivity contribution is 6.08. The summed E-state index contributed by atoms with van der Waals surface area (Å²) in [4.78, 5) is 10.4. The van der Waals surface area contributed by atoms with E-state index in [9.17, 15) is 5.11 Å². The molecule has 0 atom stereocenters. The third-order valence-corrected chi connectivity index (χ3v) is 11.0. The SMILES string of the molecule is CC(C)(C)c1ccc(-c2ccnc(-c3cc(-c4ccccc4)cc(-n4c5ccccc5c5ccc(-c6cc(C(C)(C)C)cc(C(C)(C)C)c6O)nc54)c3)c2)cc1. The Morgan fingerprint density at radius 2 is 1.14 bits per heavy atom. The third-order valence-electron chi connectivity index (χ3n) is 11.0. The van der Waals surface area contributed by atoms with E-state index in [-0.39, 0.29) is 22.0 Å². The van der Waals surface area contributed by atoms with Gasteiger partial charge in [-0.15, -0.1) is 0 Å². The molecule has 1 N–H and O–H groups in total. The van der Waals surface area contributed by atoms with E-state index in [1.165, 1.54) is 5.56 Å². The lowest BCUT2D eigenvalue weighted by molar-refractivity contribution is 0.446. The van der Waals surface area contributed by atoms with Gasteiger partial charge in [0.05, 0.1) is 16.9 Å². The molecular weight excluding hydrogens is 683 g/mol. The van der Waals surface area contributed by atoms with Crippen LogP contribution in [0.5, 0.6) is 5.75 Å². The maximum Gasteiger partial charge on any atom is 0.146 e. The first-order valence-electron chi connectivity index (χ1n) is 19.6. The lowest BCUT2D eigenvalue weighted by Crippen LogP contribution is -2.17. The van der Waals surface area contributed by atoms with E-state index in [2.05, 4.69) is 200 Å². The lowest BCUT2D eigenvalue weighted by Gasteiger charge is -2.27. The fraction of sp³-hybridized carbons (Fsp3) is 0.231. The molecular formula is C52H51N3O. The molecule has 56 heavy (non-hydrogen) atoms. The van der Waals surface area contributed by atoms with Gasteiger partial charge in [-0.3, -0.25) is 9.55 Å². The van der Waals surface area contributed by atoms with Gasteiger partial charge in [-0.1, -0.05) is 141 Å². The largest absolute Gasteiger partial charge is 0.507 e. The Morgan fingerprint density at radius 3 is 1.84 bits per heavy atom. The summed E-state index contributed by atoms with van der Waals surface area (Å²) in [6.07, 6.45) is 1.91. The number of hydrogen-bond donors (Lipinski definition) is 1. The summed E-state index contributed by atoms with van der Waals surface area (Å²) in [6, 6.07) is 47.4. The second kappa shape index (κ2) is 13.6. The molecule has 0 saturated carbocycles. The van der Waals surface area contributed by atoms with E-state index in [4.69, 9.17) is 9.97 Å². The van der Waals surface area contributed by atoms with Gasteiger partial charge < -0.3 is 5.11 Å². The van der Waals surface area contributed by atoms with Gasteiger partial charge in [0.15, 0.2) is 0 Å². The molecule has 0 aliphatic heterocycles. The Balaban J connectivity index is 1.35. The second-order valence-electron chi connectivity index (χ2n) is 18.2. The van der Waals surface area contributed by atoms with Crippen LogP contribution >= 0.6 is 0 Å². The van der Waals surface area contributed by atoms with E-state index in [1.54, 1.807) is 0 Å². The van der Waals surface area contributed by atoms with Crippen molar-refractivity contribution >= 4 is 21.9 Å². The van der Waals surface area contributed by atoms with Crippen molar-refractivity contribution in [1.29, 1.82) is 0 Å². The number of fused-ring (bicyclic) bond motifs is 3. The zero-order valence-corrected chi connectivity index (χ0v) is 34.1. The van der Waals surface area contributed by atoms with Crippen molar-refractivity contribution in [2.45, 2.75) is 78.6 Å². The number of nitrogens with zero attached hydrogens (tertiary/aromatic N) is 3. The molecule has 0 radical (unpaired) electrons. The molecule has 280 valence electrons. The van der Waals surface area contributed by atoms with Crippen molar-refractivity contribution in [3.8, 4) is 56.2 Å². The topological polar surface area (TPSA) is 50.9 Å². The summed E-state index contributed by atoms with van der Waals surface area (Å²) in [6.45, 7) is 19.8. The van der Waals surface area contributed by atoms with Gasteiger partial charge in [0.2, 0.25) is 0 Å². The van der Waals surface area contributed by atoms with Crippen LogP contribution in [0.15, 0.2) is 140 Å². The minimum Gasteiger partial charge on any atom is -0.507 e. The summed E-state index contributed by atoms with van der Waals surface area (Å²) in [5.74, 6) is 0.285. The maximum atomic E-state index is 11.9. The Bertz CT molecular complexity index is 2730. The normalized spacial score (nSPS) is 12.4. The van der Waals surface area contributed by atoms with Crippen molar-refractivity contribution in [1.82, 2.24) is 14.5 Å². The van der Waals surface area contributed by atoms with Gasteiger partial charge in [0.25, 0.3) is 0 Å². The van der Waals surface area contributed by atoms with Gasteiger partial charge in [0, 0.05) is 39.3 Å². The molecule has 0 aliphatic rings. The molecule has 8 aromatic rings. The molecule has 0 bridgehead atoms. The average molecular weight is 734 g/mol. The fourth-order valence-electron chi connectivity index (χ4n) is 7.70. The molecule has 0 saturated heterocycles. The smallest absolute Gasteiger partial charge is 0.146 e. The predicted molar refractivity (Wildman–Crippen MR) is 236 cm³/mol. The number of hydrogen-bond acceptors (Lipinski definition) is 3. The Morgan fingerprint density at radius 1 is 0.482 bits per heavy atom. The molecule has 3 aromatic heterocycles. The van der Waals surface area contributed by atoms with Crippen molar-refractivity contribution in [3.05, 3.63) is 156 Å². The monoisotopic (exact) mass is 733 g/mol. The molecule has 0 fully saturated rings. The number of phenolic OH excluding ortho intramolecular Hbond substituents is 1. The number of aromatic hydroxyl groups is 1.